The van der Waals surface area contributed by atoms with Gasteiger partial charge in [0.1, 0.15) is 0 Å². The summed E-state index contributed by atoms with van der Waals surface area (Å²) in [6, 6.07) is 2.85. The van der Waals surface area contributed by atoms with Crippen molar-refractivity contribution in [3.05, 3.63) is 29.6 Å². The molecule has 1 aromatic rings. The van der Waals surface area contributed by atoms with Crippen LogP contribution < -0.4 is 11.1 Å². The van der Waals surface area contributed by atoms with Crippen LogP contribution >= 0.6 is 0 Å². The molecule has 0 saturated heterocycles. The summed E-state index contributed by atoms with van der Waals surface area (Å²) in [4.78, 5) is 26.8. The molecule has 2 rings (SSSR count). The standard InChI is InChI=1S/C13H17N3O3/c1-13(14,9-2-3-9)12(19)16-7-10-6-8(11(17)18)4-5-15-10/h4-6,9H,2-3,7,14H2,1H3,(H,16,19)(H,17,18). The number of carbonyl (C=O) groups is 2. The number of aromatic carboxylic acids is 1. The molecule has 1 aliphatic rings. The number of hydrogen-bond acceptors (Lipinski definition) is 4. The number of nitrogens with zero attached hydrogens (tertiary/aromatic N) is 1. The Bertz CT molecular complexity index is 510. The molecule has 0 radical (unpaired) electrons. The van der Waals surface area contributed by atoms with Crippen molar-refractivity contribution in [2.75, 3.05) is 0 Å². The maximum absolute atomic E-state index is 12.0. The first-order chi connectivity index (χ1) is 8.91. The Kier molecular flexibility index (Phi) is 3.53. The highest BCUT2D eigenvalue weighted by atomic mass is 16.4. The second kappa shape index (κ2) is 4.97. The minimum absolute atomic E-state index is 0.150. The average Bonchev–Trinajstić information content (AvgIpc) is 3.20. The Balaban J connectivity index is 1.97. The van der Waals surface area contributed by atoms with Crippen molar-refractivity contribution in [3.8, 4) is 0 Å². The summed E-state index contributed by atoms with van der Waals surface area (Å²) in [6.07, 6.45) is 3.37. The lowest BCUT2D eigenvalue weighted by Gasteiger charge is -2.22. The van der Waals surface area contributed by atoms with Gasteiger partial charge in [-0.3, -0.25) is 9.78 Å². The maximum Gasteiger partial charge on any atom is 0.335 e. The van der Waals surface area contributed by atoms with Gasteiger partial charge in [-0.15, -0.1) is 0 Å². The summed E-state index contributed by atoms with van der Waals surface area (Å²) in [6.45, 7) is 1.90. The van der Waals surface area contributed by atoms with Crippen LogP contribution in [-0.2, 0) is 11.3 Å². The van der Waals surface area contributed by atoms with Crippen LogP contribution in [0, 0.1) is 5.92 Å². The molecule has 1 saturated carbocycles. The second-order valence-electron chi connectivity index (χ2n) is 5.08. The zero-order valence-electron chi connectivity index (χ0n) is 10.7. The summed E-state index contributed by atoms with van der Waals surface area (Å²) < 4.78 is 0. The summed E-state index contributed by atoms with van der Waals surface area (Å²) in [5.41, 5.74) is 5.77. The zero-order chi connectivity index (χ0) is 14.0. The number of pyridine rings is 1. The molecule has 6 heteroatoms. The van der Waals surface area contributed by atoms with Gasteiger partial charge in [0.15, 0.2) is 0 Å². The highest BCUT2D eigenvalue weighted by Crippen LogP contribution is 2.38. The van der Waals surface area contributed by atoms with Crippen LogP contribution in [-0.4, -0.2) is 27.5 Å². The van der Waals surface area contributed by atoms with Gasteiger partial charge in [-0.25, -0.2) is 4.79 Å². The minimum Gasteiger partial charge on any atom is -0.478 e. The number of carboxylic acid groups (broad SMARTS) is 1. The summed E-state index contributed by atoms with van der Waals surface area (Å²) in [7, 11) is 0. The normalized spacial score (nSPS) is 17.6. The molecule has 19 heavy (non-hydrogen) atoms. The monoisotopic (exact) mass is 263 g/mol. The molecule has 1 fully saturated rings. The molecule has 1 amide bonds. The Labute approximate surface area is 111 Å². The van der Waals surface area contributed by atoms with Gasteiger partial charge in [-0.1, -0.05) is 0 Å². The quantitative estimate of drug-likeness (QED) is 0.718. The van der Waals surface area contributed by atoms with Gasteiger partial charge in [0.05, 0.1) is 23.3 Å². The van der Waals surface area contributed by atoms with Gasteiger partial charge in [0, 0.05) is 6.20 Å². The van der Waals surface area contributed by atoms with Gasteiger partial charge in [0.25, 0.3) is 0 Å². The Hall–Kier alpha value is -1.95. The first-order valence-electron chi connectivity index (χ1n) is 6.16. The molecule has 102 valence electrons. The maximum atomic E-state index is 12.0. The van der Waals surface area contributed by atoms with E-state index >= 15 is 0 Å². The molecule has 6 nitrogen and oxygen atoms in total. The number of aromatic nitrogens is 1. The van der Waals surface area contributed by atoms with E-state index in [1.54, 1.807) is 6.92 Å². The molecule has 1 unspecified atom stereocenters. The number of nitrogens with one attached hydrogen (secondary N) is 1. The third-order valence-corrected chi connectivity index (χ3v) is 3.41. The molecule has 1 aliphatic carbocycles. The van der Waals surface area contributed by atoms with E-state index in [0.29, 0.717) is 5.69 Å². The van der Waals surface area contributed by atoms with E-state index in [-0.39, 0.29) is 23.9 Å². The summed E-state index contributed by atoms with van der Waals surface area (Å²) in [5, 5.41) is 11.6. The van der Waals surface area contributed by atoms with Crippen molar-refractivity contribution in [1.82, 2.24) is 10.3 Å². The molecule has 1 atom stereocenters. The van der Waals surface area contributed by atoms with Gasteiger partial charge in [-0.05, 0) is 37.8 Å². The van der Waals surface area contributed by atoms with Crippen molar-refractivity contribution in [3.63, 3.8) is 0 Å². The SMILES string of the molecule is CC(N)(C(=O)NCc1cc(C(=O)O)ccn1)C1CC1. The molecule has 0 bridgehead atoms. The van der Waals surface area contributed by atoms with Crippen LogP contribution in [0.2, 0.25) is 0 Å². The highest BCUT2D eigenvalue weighted by molar-refractivity contribution is 5.88. The first kappa shape index (κ1) is 13.5. The molecule has 0 spiro atoms. The smallest absolute Gasteiger partial charge is 0.335 e. The van der Waals surface area contributed by atoms with Crippen LogP contribution in [0.25, 0.3) is 0 Å². The molecule has 4 N–H and O–H groups in total. The van der Waals surface area contributed by atoms with Crippen LogP contribution in [0.3, 0.4) is 0 Å². The van der Waals surface area contributed by atoms with E-state index in [1.807, 2.05) is 0 Å². The van der Waals surface area contributed by atoms with Gasteiger partial charge in [-0.2, -0.15) is 0 Å². The number of carboxylic acids is 1. The van der Waals surface area contributed by atoms with Crippen LogP contribution in [0.5, 0.6) is 0 Å². The van der Waals surface area contributed by atoms with Crippen LogP contribution in [0.15, 0.2) is 18.3 Å². The number of carbonyl (C=O) groups excluding carboxylic acids is 1. The van der Waals surface area contributed by atoms with E-state index in [2.05, 4.69) is 10.3 Å². The third-order valence-electron chi connectivity index (χ3n) is 3.41. The highest BCUT2D eigenvalue weighted by Gasteiger charge is 2.43. The van der Waals surface area contributed by atoms with Crippen LogP contribution in [0.1, 0.15) is 35.8 Å². The number of nitrogens with two attached hydrogens (primary N) is 1. The zero-order valence-corrected chi connectivity index (χ0v) is 10.7. The number of amides is 1. The lowest BCUT2D eigenvalue weighted by molar-refractivity contribution is -0.126. The average molecular weight is 263 g/mol. The molecular formula is C13H17N3O3. The number of rotatable bonds is 5. The minimum atomic E-state index is -1.02. The fourth-order valence-electron chi connectivity index (χ4n) is 1.94. The Morgan fingerprint density at radius 3 is 2.84 bits per heavy atom. The Morgan fingerprint density at radius 1 is 1.58 bits per heavy atom. The topological polar surface area (TPSA) is 105 Å². The van der Waals surface area contributed by atoms with Gasteiger partial charge in [0.2, 0.25) is 5.91 Å². The summed E-state index contributed by atoms with van der Waals surface area (Å²) >= 11 is 0. The van der Waals surface area contributed by atoms with E-state index in [0.717, 1.165) is 12.8 Å². The van der Waals surface area contributed by atoms with Gasteiger partial charge < -0.3 is 16.2 Å². The Morgan fingerprint density at radius 2 is 2.26 bits per heavy atom. The van der Waals surface area contributed by atoms with Crippen molar-refractivity contribution in [2.45, 2.75) is 31.8 Å². The van der Waals surface area contributed by atoms with E-state index in [1.165, 1.54) is 18.3 Å². The van der Waals surface area contributed by atoms with Gasteiger partial charge >= 0.3 is 5.97 Å². The van der Waals surface area contributed by atoms with Crippen molar-refractivity contribution in [2.24, 2.45) is 11.7 Å². The fraction of sp³-hybridized carbons (Fsp3) is 0.462. The molecule has 0 aliphatic heterocycles. The van der Waals surface area contributed by atoms with Crippen LogP contribution in [0.4, 0.5) is 0 Å². The lowest BCUT2D eigenvalue weighted by Crippen LogP contribution is -2.53. The molecular weight excluding hydrogens is 246 g/mol. The first-order valence-corrected chi connectivity index (χ1v) is 6.16. The summed E-state index contributed by atoms with van der Waals surface area (Å²) in [5.74, 6) is -1.00. The third kappa shape index (κ3) is 3.08. The van der Waals surface area contributed by atoms with E-state index in [9.17, 15) is 9.59 Å². The largest absolute Gasteiger partial charge is 0.478 e. The van der Waals surface area contributed by atoms with E-state index in [4.69, 9.17) is 10.8 Å². The predicted molar refractivity (Wildman–Crippen MR) is 68.4 cm³/mol. The van der Waals surface area contributed by atoms with E-state index < -0.39 is 11.5 Å². The second-order valence-corrected chi connectivity index (χ2v) is 5.08. The molecule has 1 heterocycles. The molecule has 0 aromatic carbocycles. The van der Waals surface area contributed by atoms with Crippen molar-refractivity contribution < 1.29 is 14.7 Å². The molecule has 1 aromatic heterocycles. The lowest BCUT2D eigenvalue weighted by atomic mass is 9.96. The number of hydrogen-bond donors (Lipinski definition) is 3. The van der Waals surface area contributed by atoms with Crippen molar-refractivity contribution in [1.29, 1.82) is 0 Å². The predicted octanol–water partition coefficient (Wildman–Crippen LogP) is 0.523. The van der Waals surface area contributed by atoms with Crippen molar-refractivity contribution >= 4 is 11.9 Å². The fourth-order valence-corrected chi connectivity index (χ4v) is 1.94.